The number of benzene rings is 1. The summed E-state index contributed by atoms with van der Waals surface area (Å²) in [5, 5.41) is 0. The van der Waals surface area contributed by atoms with Crippen LogP contribution in [0.15, 0.2) is 34.7 Å². The molecule has 0 aliphatic heterocycles. The highest BCUT2D eigenvalue weighted by Gasteiger charge is 2.18. The third kappa shape index (κ3) is 4.38. The number of furan rings is 1. The highest BCUT2D eigenvalue weighted by molar-refractivity contribution is 5.90. The van der Waals surface area contributed by atoms with Crippen LogP contribution in [0.25, 0.3) is 0 Å². The summed E-state index contributed by atoms with van der Waals surface area (Å²) in [6.45, 7) is 3.84. The second kappa shape index (κ2) is 7.68. The summed E-state index contributed by atoms with van der Waals surface area (Å²) in [6.07, 6.45) is 0. The number of carbonyl (C=O) groups excluding carboxylic acids is 2. The third-order valence-electron chi connectivity index (χ3n) is 3.58. The van der Waals surface area contributed by atoms with E-state index in [1.165, 1.54) is 12.0 Å². The average Bonchev–Trinajstić information content (AvgIpc) is 2.93. The summed E-state index contributed by atoms with van der Waals surface area (Å²) in [5.74, 6) is 0.972. The molecule has 0 aliphatic rings. The van der Waals surface area contributed by atoms with Gasteiger partial charge in [0.2, 0.25) is 0 Å². The van der Waals surface area contributed by atoms with Crippen molar-refractivity contribution in [3.8, 4) is 5.75 Å². The zero-order valence-corrected chi connectivity index (χ0v) is 14.3. The molecule has 0 N–H and O–H groups in total. The Bertz CT molecular complexity index is 718. The van der Waals surface area contributed by atoms with Crippen molar-refractivity contribution in [1.29, 1.82) is 0 Å². The highest BCUT2D eigenvalue weighted by atomic mass is 16.5. The van der Waals surface area contributed by atoms with Crippen LogP contribution in [0.2, 0.25) is 0 Å². The van der Waals surface area contributed by atoms with E-state index in [1.54, 1.807) is 20.0 Å². The normalized spacial score (nSPS) is 10.3. The number of hydrogen-bond donors (Lipinski definition) is 0. The van der Waals surface area contributed by atoms with Gasteiger partial charge in [0.05, 0.1) is 13.7 Å². The maximum atomic E-state index is 12.1. The average molecular weight is 331 g/mol. The molecular formula is C18H21NO5. The second-order valence-corrected chi connectivity index (χ2v) is 5.53. The summed E-state index contributed by atoms with van der Waals surface area (Å²) in [4.78, 5) is 25.2. The van der Waals surface area contributed by atoms with E-state index in [1.807, 2.05) is 31.2 Å². The Hall–Kier alpha value is -2.76. The first-order valence-electron chi connectivity index (χ1n) is 7.51. The molecule has 0 aliphatic carbocycles. The minimum Gasteiger partial charge on any atom is -0.484 e. The number of esters is 1. The molecule has 0 saturated carbocycles. The molecular weight excluding hydrogens is 310 g/mol. The van der Waals surface area contributed by atoms with Gasteiger partial charge in [0.25, 0.3) is 5.91 Å². The first-order valence-corrected chi connectivity index (χ1v) is 7.51. The van der Waals surface area contributed by atoms with E-state index in [9.17, 15) is 9.59 Å². The van der Waals surface area contributed by atoms with Gasteiger partial charge in [0.1, 0.15) is 22.8 Å². The molecule has 0 spiro atoms. The van der Waals surface area contributed by atoms with Gasteiger partial charge in [-0.15, -0.1) is 0 Å². The Labute approximate surface area is 141 Å². The van der Waals surface area contributed by atoms with E-state index in [-0.39, 0.29) is 19.1 Å². The Morgan fingerprint density at radius 3 is 2.46 bits per heavy atom. The molecule has 6 nitrogen and oxygen atoms in total. The number of methoxy groups -OCH3 is 1. The van der Waals surface area contributed by atoms with Gasteiger partial charge in [-0.3, -0.25) is 4.79 Å². The maximum absolute atomic E-state index is 12.1. The Morgan fingerprint density at radius 2 is 1.83 bits per heavy atom. The summed E-state index contributed by atoms with van der Waals surface area (Å²) < 4.78 is 15.6. The fourth-order valence-electron chi connectivity index (χ4n) is 2.15. The monoisotopic (exact) mass is 331 g/mol. The number of amides is 1. The van der Waals surface area contributed by atoms with Gasteiger partial charge in [0.15, 0.2) is 6.61 Å². The number of rotatable bonds is 6. The van der Waals surface area contributed by atoms with Crippen LogP contribution in [0.4, 0.5) is 0 Å². The molecule has 2 aromatic rings. The van der Waals surface area contributed by atoms with Crippen molar-refractivity contribution in [1.82, 2.24) is 4.90 Å². The lowest BCUT2D eigenvalue weighted by atomic mass is 10.2. The predicted octanol–water partition coefficient (Wildman–Crippen LogP) is 2.72. The van der Waals surface area contributed by atoms with Crippen molar-refractivity contribution < 1.29 is 23.5 Å². The van der Waals surface area contributed by atoms with Gasteiger partial charge >= 0.3 is 5.97 Å². The molecule has 1 aromatic heterocycles. The van der Waals surface area contributed by atoms with Crippen LogP contribution in [0, 0.1) is 13.8 Å². The van der Waals surface area contributed by atoms with Crippen LogP contribution in [0.1, 0.15) is 27.4 Å². The topological polar surface area (TPSA) is 69.0 Å². The molecule has 0 atom stereocenters. The number of nitrogens with zero attached hydrogens (tertiary/aromatic N) is 1. The first kappa shape index (κ1) is 17.6. The molecule has 1 amide bonds. The van der Waals surface area contributed by atoms with Crippen LogP contribution in [0.3, 0.4) is 0 Å². The van der Waals surface area contributed by atoms with Crippen molar-refractivity contribution in [3.05, 3.63) is 53.0 Å². The van der Waals surface area contributed by atoms with Gasteiger partial charge in [0, 0.05) is 7.05 Å². The van der Waals surface area contributed by atoms with Crippen molar-refractivity contribution in [2.24, 2.45) is 0 Å². The van der Waals surface area contributed by atoms with Gasteiger partial charge < -0.3 is 18.8 Å². The summed E-state index contributed by atoms with van der Waals surface area (Å²) in [5.41, 5.74) is 1.49. The fourth-order valence-corrected chi connectivity index (χ4v) is 2.15. The molecule has 0 saturated heterocycles. The Balaban J connectivity index is 1.91. The van der Waals surface area contributed by atoms with Gasteiger partial charge in [-0.1, -0.05) is 17.7 Å². The zero-order chi connectivity index (χ0) is 17.7. The van der Waals surface area contributed by atoms with E-state index in [2.05, 4.69) is 4.74 Å². The molecule has 1 aromatic carbocycles. The summed E-state index contributed by atoms with van der Waals surface area (Å²) >= 11 is 0. The molecule has 6 heteroatoms. The largest absolute Gasteiger partial charge is 0.484 e. The van der Waals surface area contributed by atoms with E-state index < -0.39 is 5.97 Å². The number of likely N-dealkylation sites (N-methyl/N-ethyl adjacent to an activating group) is 1. The number of aryl methyl sites for hydroxylation is 2. The molecule has 0 radical (unpaired) electrons. The number of ether oxygens (including phenoxy) is 2. The molecule has 0 bridgehead atoms. The van der Waals surface area contributed by atoms with Crippen molar-refractivity contribution in [2.45, 2.75) is 20.4 Å². The molecule has 24 heavy (non-hydrogen) atoms. The lowest BCUT2D eigenvalue weighted by Crippen LogP contribution is -2.30. The molecule has 0 fully saturated rings. The second-order valence-electron chi connectivity index (χ2n) is 5.53. The first-order chi connectivity index (χ1) is 11.4. The van der Waals surface area contributed by atoms with Gasteiger partial charge in [-0.05, 0) is 32.0 Å². The Morgan fingerprint density at radius 1 is 1.17 bits per heavy atom. The van der Waals surface area contributed by atoms with E-state index in [0.29, 0.717) is 22.8 Å². The smallest absolute Gasteiger partial charge is 0.341 e. The zero-order valence-electron chi connectivity index (χ0n) is 14.3. The summed E-state index contributed by atoms with van der Waals surface area (Å²) in [7, 11) is 2.96. The van der Waals surface area contributed by atoms with Crippen molar-refractivity contribution in [2.75, 3.05) is 20.8 Å². The lowest BCUT2D eigenvalue weighted by Gasteiger charge is -2.16. The van der Waals surface area contributed by atoms with Crippen LogP contribution in [0.5, 0.6) is 5.75 Å². The Kier molecular flexibility index (Phi) is 5.63. The van der Waals surface area contributed by atoms with Crippen LogP contribution < -0.4 is 4.74 Å². The van der Waals surface area contributed by atoms with Crippen molar-refractivity contribution >= 4 is 11.9 Å². The standard InChI is InChI=1S/C18H21NO5/c1-12-5-7-14(8-6-12)23-11-17(20)19(3)10-15-9-16(13(2)24-15)18(21)22-4/h5-9H,10-11H2,1-4H3. The minimum absolute atomic E-state index is 0.0664. The quantitative estimate of drug-likeness (QED) is 0.761. The van der Waals surface area contributed by atoms with E-state index in [4.69, 9.17) is 9.15 Å². The lowest BCUT2D eigenvalue weighted by molar-refractivity contribution is -0.132. The molecule has 2 rings (SSSR count). The fraction of sp³-hybridized carbons (Fsp3) is 0.333. The minimum atomic E-state index is -0.459. The van der Waals surface area contributed by atoms with E-state index >= 15 is 0 Å². The predicted molar refractivity (Wildman–Crippen MR) is 87.9 cm³/mol. The number of carbonyl (C=O) groups is 2. The van der Waals surface area contributed by atoms with Crippen LogP contribution in [-0.4, -0.2) is 37.5 Å². The van der Waals surface area contributed by atoms with Crippen LogP contribution in [-0.2, 0) is 16.1 Å². The molecule has 0 unspecified atom stereocenters. The molecule has 1 heterocycles. The van der Waals surface area contributed by atoms with Crippen LogP contribution >= 0.6 is 0 Å². The third-order valence-corrected chi connectivity index (χ3v) is 3.58. The van der Waals surface area contributed by atoms with Gasteiger partial charge in [-0.2, -0.15) is 0 Å². The van der Waals surface area contributed by atoms with E-state index in [0.717, 1.165) is 5.56 Å². The maximum Gasteiger partial charge on any atom is 0.341 e. The SMILES string of the molecule is COC(=O)c1cc(CN(C)C(=O)COc2ccc(C)cc2)oc1C. The highest BCUT2D eigenvalue weighted by Crippen LogP contribution is 2.17. The van der Waals surface area contributed by atoms with Gasteiger partial charge in [-0.25, -0.2) is 4.79 Å². The number of hydrogen-bond acceptors (Lipinski definition) is 5. The molecule has 128 valence electrons. The van der Waals surface area contributed by atoms with Crippen molar-refractivity contribution in [3.63, 3.8) is 0 Å². The summed E-state index contributed by atoms with van der Waals surface area (Å²) in [6, 6.07) is 9.07.